The zero-order valence-electron chi connectivity index (χ0n) is 17.1. The summed E-state index contributed by atoms with van der Waals surface area (Å²) < 4.78 is 26.2. The van der Waals surface area contributed by atoms with Crippen molar-refractivity contribution in [2.75, 3.05) is 19.3 Å². The molecule has 0 aromatic heterocycles. The van der Waals surface area contributed by atoms with Crippen LogP contribution >= 0.6 is 0 Å². The van der Waals surface area contributed by atoms with E-state index in [0.717, 1.165) is 19.3 Å². The second kappa shape index (κ2) is 8.51. The van der Waals surface area contributed by atoms with Crippen molar-refractivity contribution in [2.45, 2.75) is 68.6 Å². The zero-order chi connectivity index (χ0) is 20.5. The molecule has 1 saturated heterocycles. The van der Waals surface area contributed by atoms with Crippen LogP contribution in [0.25, 0.3) is 0 Å². The number of likely N-dealkylation sites (tertiary alicyclic amines) is 1. The van der Waals surface area contributed by atoms with Crippen molar-refractivity contribution in [2.24, 2.45) is 11.7 Å². The fraction of sp³-hybridized carbons (Fsp3) is 0.667. The Hall–Kier alpha value is -1.44. The molecule has 0 radical (unpaired) electrons. The van der Waals surface area contributed by atoms with Crippen molar-refractivity contribution >= 4 is 15.7 Å². The lowest BCUT2D eigenvalue weighted by Crippen LogP contribution is -2.52. The van der Waals surface area contributed by atoms with E-state index in [4.69, 9.17) is 5.73 Å². The highest BCUT2D eigenvalue weighted by molar-refractivity contribution is 7.91. The molecular formula is C21H33N3O3S. The van der Waals surface area contributed by atoms with Crippen LogP contribution in [0.3, 0.4) is 0 Å². The van der Waals surface area contributed by atoms with Crippen molar-refractivity contribution in [1.82, 2.24) is 9.80 Å². The Kier molecular flexibility index (Phi) is 6.47. The maximum Gasteiger partial charge on any atom is 0.239 e. The van der Waals surface area contributed by atoms with E-state index in [-0.39, 0.29) is 23.6 Å². The van der Waals surface area contributed by atoms with Gasteiger partial charge < -0.3 is 15.5 Å². The second-order valence-electron chi connectivity index (χ2n) is 8.57. The number of amides is 1. The highest BCUT2D eigenvalue weighted by Crippen LogP contribution is 2.35. The minimum atomic E-state index is -3.41. The first-order valence-electron chi connectivity index (χ1n) is 10.3. The average molecular weight is 408 g/mol. The number of carbonyl (C=O) groups excluding carboxylic acids is 1. The lowest BCUT2D eigenvalue weighted by molar-refractivity contribution is -0.132. The van der Waals surface area contributed by atoms with Crippen molar-refractivity contribution in [1.29, 1.82) is 0 Å². The SMILES string of the molecule is CC(C)N(C)[C@@H]1CC[C@H](N2CC[C@H](N)C2=O)[C@@H](CS(=O)(=O)c2ccccc2)C1. The molecule has 3 rings (SSSR count). The van der Waals surface area contributed by atoms with E-state index >= 15 is 0 Å². The number of hydrogen-bond donors (Lipinski definition) is 1. The van der Waals surface area contributed by atoms with Crippen LogP contribution in [0.4, 0.5) is 0 Å². The van der Waals surface area contributed by atoms with Gasteiger partial charge in [0.05, 0.1) is 16.7 Å². The number of nitrogens with two attached hydrogens (primary N) is 1. The highest BCUT2D eigenvalue weighted by Gasteiger charge is 2.43. The molecule has 0 unspecified atom stereocenters. The van der Waals surface area contributed by atoms with Gasteiger partial charge in [0.2, 0.25) is 5.91 Å². The molecule has 1 aromatic carbocycles. The van der Waals surface area contributed by atoms with Crippen LogP contribution in [-0.2, 0) is 14.6 Å². The summed E-state index contributed by atoms with van der Waals surface area (Å²) in [5, 5.41) is 0. The summed E-state index contributed by atoms with van der Waals surface area (Å²) in [4.78, 5) is 17.1. The first-order valence-corrected chi connectivity index (χ1v) is 11.9. The minimum absolute atomic E-state index is 0.0252. The smallest absolute Gasteiger partial charge is 0.239 e. The Morgan fingerprint density at radius 1 is 1.18 bits per heavy atom. The fourth-order valence-corrected chi connectivity index (χ4v) is 6.35. The largest absolute Gasteiger partial charge is 0.338 e. The van der Waals surface area contributed by atoms with Crippen molar-refractivity contribution in [3.63, 3.8) is 0 Å². The molecule has 2 aliphatic rings. The summed E-state index contributed by atoms with van der Waals surface area (Å²) in [5.41, 5.74) is 5.94. The van der Waals surface area contributed by atoms with Crippen LogP contribution in [-0.4, -0.2) is 67.6 Å². The van der Waals surface area contributed by atoms with Crippen molar-refractivity contribution in [3.8, 4) is 0 Å². The third-order valence-corrected chi connectivity index (χ3v) is 8.38. The molecule has 0 bridgehead atoms. The Balaban J connectivity index is 1.85. The molecule has 2 fully saturated rings. The number of hydrogen-bond acceptors (Lipinski definition) is 5. The summed E-state index contributed by atoms with van der Waals surface area (Å²) in [5.74, 6) is -0.0365. The van der Waals surface area contributed by atoms with Gasteiger partial charge in [0.25, 0.3) is 0 Å². The van der Waals surface area contributed by atoms with Gasteiger partial charge in [0.1, 0.15) is 0 Å². The number of nitrogens with zero attached hydrogens (tertiary/aromatic N) is 2. The van der Waals surface area contributed by atoms with Gasteiger partial charge in [-0.1, -0.05) is 18.2 Å². The number of carbonyl (C=O) groups is 1. The van der Waals surface area contributed by atoms with Crippen LogP contribution in [0.5, 0.6) is 0 Å². The van der Waals surface area contributed by atoms with E-state index in [2.05, 4.69) is 25.8 Å². The van der Waals surface area contributed by atoms with E-state index in [0.29, 0.717) is 29.9 Å². The molecule has 1 aliphatic carbocycles. The third-order valence-electron chi connectivity index (χ3n) is 6.52. The maximum absolute atomic E-state index is 13.1. The molecule has 1 aromatic rings. The molecule has 4 atom stereocenters. The normalized spacial score (nSPS) is 29.1. The topological polar surface area (TPSA) is 83.7 Å². The number of benzene rings is 1. The van der Waals surface area contributed by atoms with Crippen LogP contribution in [0.15, 0.2) is 35.2 Å². The summed E-state index contributed by atoms with van der Waals surface area (Å²) >= 11 is 0. The lowest BCUT2D eigenvalue weighted by atomic mass is 9.81. The van der Waals surface area contributed by atoms with Crippen LogP contribution in [0, 0.1) is 5.92 Å². The van der Waals surface area contributed by atoms with E-state index in [1.54, 1.807) is 24.3 Å². The molecular weight excluding hydrogens is 374 g/mol. The zero-order valence-corrected chi connectivity index (χ0v) is 17.9. The molecule has 6 nitrogen and oxygen atoms in total. The Morgan fingerprint density at radius 2 is 1.86 bits per heavy atom. The number of sulfone groups is 1. The van der Waals surface area contributed by atoms with Gasteiger partial charge >= 0.3 is 0 Å². The van der Waals surface area contributed by atoms with E-state index in [9.17, 15) is 13.2 Å². The maximum atomic E-state index is 13.1. The van der Waals surface area contributed by atoms with Gasteiger partial charge in [-0.15, -0.1) is 0 Å². The quantitative estimate of drug-likeness (QED) is 0.779. The van der Waals surface area contributed by atoms with Crippen LogP contribution in [0.2, 0.25) is 0 Å². The lowest BCUT2D eigenvalue weighted by Gasteiger charge is -2.44. The Bertz CT molecular complexity index is 781. The fourth-order valence-electron chi connectivity index (χ4n) is 4.66. The van der Waals surface area contributed by atoms with Gasteiger partial charge in [0, 0.05) is 24.7 Å². The molecule has 7 heteroatoms. The molecule has 1 amide bonds. The molecule has 1 heterocycles. The van der Waals surface area contributed by atoms with Gasteiger partial charge in [-0.05, 0) is 64.6 Å². The minimum Gasteiger partial charge on any atom is -0.338 e. The molecule has 1 aliphatic heterocycles. The highest BCUT2D eigenvalue weighted by atomic mass is 32.2. The molecule has 0 spiro atoms. The predicted molar refractivity (Wildman–Crippen MR) is 111 cm³/mol. The van der Waals surface area contributed by atoms with Gasteiger partial charge in [-0.3, -0.25) is 4.79 Å². The third kappa shape index (κ3) is 4.42. The van der Waals surface area contributed by atoms with E-state index in [1.165, 1.54) is 0 Å². The molecule has 156 valence electrons. The standard InChI is InChI=1S/C21H33N3O3S/c1-15(2)23(3)17-9-10-20(24-12-11-19(22)21(24)25)16(13-17)14-28(26,27)18-7-5-4-6-8-18/h4-8,15-17,19-20H,9-14,22H2,1-3H3/t16-,17-,19+,20+/m1/s1. The second-order valence-corrected chi connectivity index (χ2v) is 10.6. The first kappa shape index (κ1) is 21.3. The van der Waals surface area contributed by atoms with Gasteiger partial charge in [-0.2, -0.15) is 0 Å². The van der Waals surface area contributed by atoms with E-state index < -0.39 is 15.9 Å². The molecule has 1 saturated carbocycles. The summed E-state index contributed by atoms with van der Waals surface area (Å²) in [6.45, 7) is 4.95. The van der Waals surface area contributed by atoms with E-state index in [1.807, 2.05) is 11.0 Å². The Morgan fingerprint density at radius 3 is 2.43 bits per heavy atom. The monoisotopic (exact) mass is 407 g/mol. The van der Waals surface area contributed by atoms with Crippen molar-refractivity contribution in [3.05, 3.63) is 30.3 Å². The predicted octanol–water partition coefficient (Wildman–Crippen LogP) is 1.90. The van der Waals surface area contributed by atoms with Crippen LogP contribution < -0.4 is 5.73 Å². The average Bonchev–Trinajstić information content (AvgIpc) is 3.00. The Labute approximate surface area is 169 Å². The van der Waals surface area contributed by atoms with Crippen molar-refractivity contribution < 1.29 is 13.2 Å². The summed E-state index contributed by atoms with van der Waals surface area (Å²) in [7, 11) is -1.30. The summed E-state index contributed by atoms with van der Waals surface area (Å²) in [6.07, 6.45) is 3.24. The van der Waals surface area contributed by atoms with Gasteiger partial charge in [-0.25, -0.2) is 8.42 Å². The van der Waals surface area contributed by atoms with Gasteiger partial charge in [0.15, 0.2) is 9.84 Å². The molecule has 2 N–H and O–H groups in total. The number of rotatable bonds is 6. The first-order chi connectivity index (χ1) is 13.2. The summed E-state index contributed by atoms with van der Waals surface area (Å²) in [6, 6.07) is 8.88. The van der Waals surface area contributed by atoms with Crippen LogP contribution in [0.1, 0.15) is 39.5 Å². The molecule has 28 heavy (non-hydrogen) atoms.